The van der Waals surface area contributed by atoms with E-state index in [0.29, 0.717) is 28.6 Å². The van der Waals surface area contributed by atoms with E-state index >= 15 is 0 Å². The molecular weight excluding hydrogens is 283 g/mol. The van der Waals surface area contributed by atoms with Crippen LogP contribution in [0.25, 0.3) is 0 Å². The number of benzene rings is 1. The summed E-state index contributed by atoms with van der Waals surface area (Å²) in [5, 5.41) is 1.07. The number of fused-ring (bicyclic) bond motifs is 1. The Bertz CT molecular complexity index is 615. The SMILES string of the molecule is CC1(C)CC(=O)C2=C(C1)Oc1c(Cl)cc(Cl)cc1C2. The Morgan fingerprint density at radius 2 is 1.95 bits per heavy atom. The molecule has 1 aromatic carbocycles. The molecule has 0 radical (unpaired) electrons. The van der Waals surface area contributed by atoms with Crippen LogP contribution in [0.5, 0.6) is 5.75 Å². The van der Waals surface area contributed by atoms with E-state index in [1.807, 2.05) is 6.07 Å². The second-order valence-electron chi connectivity index (χ2n) is 6.00. The lowest BCUT2D eigenvalue weighted by Gasteiger charge is -2.34. The third-order valence-electron chi connectivity index (χ3n) is 3.63. The van der Waals surface area contributed by atoms with Gasteiger partial charge in [0.15, 0.2) is 5.78 Å². The van der Waals surface area contributed by atoms with Crippen LogP contribution in [0.1, 0.15) is 32.3 Å². The Hall–Kier alpha value is -0.990. The van der Waals surface area contributed by atoms with Crippen LogP contribution in [0.4, 0.5) is 0 Å². The molecule has 0 bridgehead atoms. The highest BCUT2D eigenvalue weighted by Crippen LogP contribution is 2.45. The Kier molecular flexibility index (Phi) is 2.91. The van der Waals surface area contributed by atoms with E-state index in [2.05, 4.69) is 13.8 Å². The molecule has 4 heteroatoms. The Morgan fingerprint density at radius 3 is 2.68 bits per heavy atom. The zero-order valence-corrected chi connectivity index (χ0v) is 12.4. The quantitative estimate of drug-likeness (QED) is 0.701. The molecule has 100 valence electrons. The van der Waals surface area contributed by atoms with Gasteiger partial charge in [-0.15, -0.1) is 0 Å². The molecular formula is C15H14Cl2O2. The van der Waals surface area contributed by atoms with Gasteiger partial charge < -0.3 is 4.74 Å². The molecule has 1 aromatic rings. The molecule has 0 saturated carbocycles. The summed E-state index contributed by atoms with van der Waals surface area (Å²) in [4.78, 5) is 12.2. The predicted molar refractivity (Wildman–Crippen MR) is 75.8 cm³/mol. The van der Waals surface area contributed by atoms with E-state index < -0.39 is 0 Å². The van der Waals surface area contributed by atoms with Crippen LogP contribution in [0, 0.1) is 5.41 Å². The molecule has 0 atom stereocenters. The highest BCUT2D eigenvalue weighted by molar-refractivity contribution is 6.35. The van der Waals surface area contributed by atoms with Crippen molar-refractivity contribution in [2.75, 3.05) is 0 Å². The smallest absolute Gasteiger partial charge is 0.163 e. The van der Waals surface area contributed by atoms with E-state index in [1.165, 1.54) is 0 Å². The fraction of sp³-hybridized carbons (Fsp3) is 0.400. The first kappa shape index (κ1) is 13.0. The van der Waals surface area contributed by atoms with Crippen LogP contribution in [-0.2, 0) is 11.2 Å². The topological polar surface area (TPSA) is 26.3 Å². The van der Waals surface area contributed by atoms with Crippen molar-refractivity contribution in [2.45, 2.75) is 33.1 Å². The summed E-state index contributed by atoms with van der Waals surface area (Å²) in [7, 11) is 0. The Morgan fingerprint density at radius 1 is 1.21 bits per heavy atom. The van der Waals surface area contributed by atoms with E-state index in [4.69, 9.17) is 27.9 Å². The molecule has 2 aliphatic rings. The molecule has 1 heterocycles. The predicted octanol–water partition coefficient (Wildman–Crippen LogP) is 4.57. The number of hydrogen-bond acceptors (Lipinski definition) is 2. The lowest BCUT2D eigenvalue weighted by atomic mass is 9.75. The zero-order valence-electron chi connectivity index (χ0n) is 10.8. The number of allylic oxidation sites excluding steroid dienone is 2. The molecule has 2 nitrogen and oxygen atoms in total. The van der Waals surface area contributed by atoms with E-state index in [0.717, 1.165) is 23.3 Å². The van der Waals surface area contributed by atoms with Crippen molar-refractivity contribution in [3.63, 3.8) is 0 Å². The normalized spacial score (nSPS) is 20.7. The third kappa shape index (κ3) is 2.28. The van der Waals surface area contributed by atoms with E-state index in [9.17, 15) is 4.79 Å². The molecule has 0 saturated heterocycles. The van der Waals surface area contributed by atoms with Crippen LogP contribution in [-0.4, -0.2) is 5.78 Å². The second kappa shape index (κ2) is 4.26. The van der Waals surface area contributed by atoms with Crippen molar-refractivity contribution in [3.05, 3.63) is 39.1 Å². The number of ether oxygens (including phenoxy) is 1. The first-order chi connectivity index (χ1) is 8.85. The minimum atomic E-state index is -0.0493. The molecule has 1 aliphatic carbocycles. The van der Waals surface area contributed by atoms with Crippen LogP contribution >= 0.6 is 23.2 Å². The van der Waals surface area contributed by atoms with Crippen molar-refractivity contribution in [1.82, 2.24) is 0 Å². The average molecular weight is 297 g/mol. The maximum absolute atomic E-state index is 12.2. The van der Waals surface area contributed by atoms with Crippen molar-refractivity contribution >= 4 is 29.0 Å². The summed E-state index contributed by atoms with van der Waals surface area (Å²) in [5.74, 6) is 1.60. The van der Waals surface area contributed by atoms with Crippen molar-refractivity contribution in [1.29, 1.82) is 0 Å². The van der Waals surface area contributed by atoms with Gasteiger partial charge in [-0.1, -0.05) is 37.0 Å². The third-order valence-corrected chi connectivity index (χ3v) is 4.13. The lowest BCUT2D eigenvalue weighted by Crippen LogP contribution is -2.30. The zero-order chi connectivity index (χ0) is 13.8. The fourth-order valence-corrected chi connectivity index (χ4v) is 3.34. The lowest BCUT2D eigenvalue weighted by molar-refractivity contribution is -0.118. The van der Waals surface area contributed by atoms with Gasteiger partial charge in [-0.25, -0.2) is 0 Å². The Balaban J connectivity index is 2.06. The van der Waals surface area contributed by atoms with Crippen LogP contribution in [0.15, 0.2) is 23.5 Å². The molecule has 0 amide bonds. The molecule has 19 heavy (non-hydrogen) atoms. The van der Waals surface area contributed by atoms with Gasteiger partial charge in [0.25, 0.3) is 0 Å². The van der Waals surface area contributed by atoms with E-state index in [-0.39, 0.29) is 11.2 Å². The average Bonchev–Trinajstić information content (AvgIpc) is 2.26. The maximum atomic E-state index is 12.2. The first-order valence-electron chi connectivity index (χ1n) is 6.27. The molecule has 3 rings (SSSR count). The number of rotatable bonds is 0. The van der Waals surface area contributed by atoms with Crippen LogP contribution in [0.3, 0.4) is 0 Å². The van der Waals surface area contributed by atoms with Crippen molar-refractivity contribution in [2.24, 2.45) is 5.41 Å². The minimum Gasteiger partial charge on any atom is -0.459 e. The summed E-state index contributed by atoms with van der Waals surface area (Å²) in [5.41, 5.74) is 1.63. The highest BCUT2D eigenvalue weighted by Gasteiger charge is 2.37. The maximum Gasteiger partial charge on any atom is 0.163 e. The molecule has 0 spiro atoms. The summed E-state index contributed by atoms with van der Waals surface area (Å²) in [6.07, 6.45) is 1.91. The van der Waals surface area contributed by atoms with Gasteiger partial charge in [0.2, 0.25) is 0 Å². The van der Waals surface area contributed by atoms with Gasteiger partial charge in [-0.05, 0) is 17.5 Å². The standard InChI is InChI=1S/C15H14Cl2O2/c1-15(2)6-12(18)10-4-8-3-9(16)5-11(17)14(8)19-13(10)7-15/h3,5H,4,6-7H2,1-2H3. The number of Topliss-reactive ketones (excluding diaryl/α,β-unsaturated/α-hetero) is 1. The van der Waals surface area contributed by atoms with Gasteiger partial charge in [-0.2, -0.15) is 0 Å². The van der Waals surface area contributed by atoms with Gasteiger partial charge in [-0.3, -0.25) is 4.79 Å². The second-order valence-corrected chi connectivity index (χ2v) is 6.84. The van der Waals surface area contributed by atoms with Crippen molar-refractivity contribution < 1.29 is 9.53 Å². The van der Waals surface area contributed by atoms with Crippen molar-refractivity contribution in [3.8, 4) is 5.75 Å². The number of ketones is 1. The summed E-state index contributed by atoms with van der Waals surface area (Å²) < 4.78 is 5.90. The summed E-state index contributed by atoms with van der Waals surface area (Å²) in [6.45, 7) is 4.16. The number of carbonyl (C=O) groups excluding carboxylic acids is 1. The molecule has 1 aliphatic heterocycles. The van der Waals surface area contributed by atoms with E-state index in [1.54, 1.807) is 6.07 Å². The van der Waals surface area contributed by atoms with Gasteiger partial charge in [0.1, 0.15) is 11.5 Å². The van der Waals surface area contributed by atoms with Crippen LogP contribution in [0.2, 0.25) is 10.0 Å². The van der Waals surface area contributed by atoms with Gasteiger partial charge in [0.05, 0.1) is 5.02 Å². The molecule has 0 fully saturated rings. The fourth-order valence-electron chi connectivity index (χ4n) is 2.77. The molecule has 0 unspecified atom stereocenters. The van der Waals surface area contributed by atoms with Gasteiger partial charge in [0, 0.05) is 35.4 Å². The Labute approximate surface area is 122 Å². The molecule has 0 N–H and O–H groups in total. The largest absolute Gasteiger partial charge is 0.459 e. The minimum absolute atomic E-state index is 0.0493. The summed E-state index contributed by atoms with van der Waals surface area (Å²) >= 11 is 12.2. The highest BCUT2D eigenvalue weighted by atomic mass is 35.5. The first-order valence-corrected chi connectivity index (χ1v) is 7.02. The molecule has 0 aromatic heterocycles. The van der Waals surface area contributed by atoms with Crippen LogP contribution < -0.4 is 4.74 Å². The monoisotopic (exact) mass is 296 g/mol. The number of carbonyl (C=O) groups is 1. The number of hydrogen-bond donors (Lipinski definition) is 0. The number of halogens is 2. The van der Waals surface area contributed by atoms with Gasteiger partial charge >= 0.3 is 0 Å². The summed E-state index contributed by atoms with van der Waals surface area (Å²) in [6, 6.07) is 3.49.